The first-order valence-corrected chi connectivity index (χ1v) is 7.68. The summed E-state index contributed by atoms with van der Waals surface area (Å²) in [6, 6.07) is 9.24. The quantitative estimate of drug-likeness (QED) is 0.870. The minimum Gasteiger partial charge on any atom is -0.493 e. The maximum Gasteiger partial charge on any atom is 0.122 e. The summed E-state index contributed by atoms with van der Waals surface area (Å²) in [4.78, 5) is 0. The van der Waals surface area contributed by atoms with E-state index in [9.17, 15) is 0 Å². The van der Waals surface area contributed by atoms with E-state index in [2.05, 4.69) is 43.4 Å². The predicted molar refractivity (Wildman–Crippen MR) is 78.7 cm³/mol. The predicted octanol–water partition coefficient (Wildman–Crippen LogP) is 3.72. The van der Waals surface area contributed by atoms with Gasteiger partial charge >= 0.3 is 0 Å². The van der Waals surface area contributed by atoms with Crippen molar-refractivity contribution in [2.75, 3.05) is 13.2 Å². The summed E-state index contributed by atoms with van der Waals surface area (Å²) < 4.78 is 5.78. The number of hydrogen-bond acceptors (Lipinski definition) is 2. The number of rotatable bonds is 5. The number of nitrogens with one attached hydrogen (secondary N) is 1. The third-order valence-electron chi connectivity index (χ3n) is 4.93. The van der Waals surface area contributed by atoms with Crippen LogP contribution in [0.25, 0.3) is 0 Å². The number of benzene rings is 1. The van der Waals surface area contributed by atoms with E-state index in [0.717, 1.165) is 25.3 Å². The number of hydrogen-bond donors (Lipinski definition) is 1. The first-order chi connectivity index (χ1) is 9.23. The summed E-state index contributed by atoms with van der Waals surface area (Å²) in [6.07, 6.45) is 5.19. The Balaban J connectivity index is 1.76. The normalized spacial score (nSPS) is 25.3. The van der Waals surface area contributed by atoms with Crippen molar-refractivity contribution in [3.63, 3.8) is 0 Å². The molecule has 1 heterocycles. The zero-order valence-corrected chi connectivity index (χ0v) is 12.1. The molecule has 1 aromatic rings. The minimum atomic E-state index is 0.545. The van der Waals surface area contributed by atoms with Crippen LogP contribution in [-0.4, -0.2) is 19.2 Å². The highest BCUT2D eigenvalue weighted by molar-refractivity contribution is 5.38. The molecule has 2 nitrogen and oxygen atoms in total. The Bertz CT molecular complexity index is 439. The fourth-order valence-corrected chi connectivity index (χ4v) is 3.35. The van der Waals surface area contributed by atoms with E-state index in [1.807, 2.05) is 0 Å². The lowest BCUT2D eigenvalue weighted by molar-refractivity contribution is 0.239. The van der Waals surface area contributed by atoms with Gasteiger partial charge in [-0.1, -0.05) is 32.0 Å². The van der Waals surface area contributed by atoms with Gasteiger partial charge in [-0.25, -0.2) is 0 Å². The van der Waals surface area contributed by atoms with Crippen molar-refractivity contribution in [3.05, 3.63) is 29.8 Å². The van der Waals surface area contributed by atoms with Gasteiger partial charge in [0.25, 0.3) is 0 Å². The molecule has 0 amide bonds. The smallest absolute Gasteiger partial charge is 0.122 e. The maximum atomic E-state index is 5.78. The second-order valence-electron chi connectivity index (χ2n) is 6.37. The van der Waals surface area contributed by atoms with E-state index in [1.165, 1.54) is 24.8 Å². The Morgan fingerprint density at radius 1 is 1.37 bits per heavy atom. The molecule has 19 heavy (non-hydrogen) atoms. The van der Waals surface area contributed by atoms with E-state index in [-0.39, 0.29) is 0 Å². The Morgan fingerprint density at radius 3 is 2.89 bits per heavy atom. The van der Waals surface area contributed by atoms with Gasteiger partial charge in [0.2, 0.25) is 0 Å². The SMILES string of the molecule is CCNC(CC1CCOc2ccccc21)C1(C)CC1. The van der Waals surface area contributed by atoms with Gasteiger partial charge in [-0.2, -0.15) is 0 Å². The molecule has 1 aliphatic heterocycles. The second kappa shape index (κ2) is 5.16. The van der Waals surface area contributed by atoms with E-state index < -0.39 is 0 Å². The van der Waals surface area contributed by atoms with Crippen LogP contribution in [0.4, 0.5) is 0 Å². The molecule has 0 bridgehead atoms. The molecule has 0 radical (unpaired) electrons. The first kappa shape index (κ1) is 13.0. The van der Waals surface area contributed by atoms with Crippen LogP contribution in [0, 0.1) is 5.41 Å². The van der Waals surface area contributed by atoms with Gasteiger partial charge in [-0.05, 0) is 55.2 Å². The maximum absolute atomic E-state index is 5.78. The van der Waals surface area contributed by atoms with Crippen molar-refractivity contribution in [2.45, 2.75) is 51.5 Å². The van der Waals surface area contributed by atoms with E-state index in [1.54, 1.807) is 0 Å². The second-order valence-corrected chi connectivity index (χ2v) is 6.37. The van der Waals surface area contributed by atoms with Gasteiger partial charge in [0, 0.05) is 6.04 Å². The Morgan fingerprint density at radius 2 is 2.16 bits per heavy atom. The van der Waals surface area contributed by atoms with E-state index >= 15 is 0 Å². The summed E-state index contributed by atoms with van der Waals surface area (Å²) in [6.45, 7) is 6.60. The standard InChI is InChI=1S/C17H25NO/c1-3-18-16(17(2)9-10-17)12-13-8-11-19-15-7-5-4-6-14(13)15/h4-7,13,16,18H,3,8-12H2,1-2H3. The Kier molecular flexibility index (Phi) is 3.53. The summed E-state index contributed by atoms with van der Waals surface area (Å²) in [5.74, 6) is 1.77. The van der Waals surface area contributed by atoms with Crippen LogP contribution in [-0.2, 0) is 0 Å². The van der Waals surface area contributed by atoms with Crippen molar-refractivity contribution in [2.24, 2.45) is 5.41 Å². The highest BCUT2D eigenvalue weighted by atomic mass is 16.5. The Hall–Kier alpha value is -1.02. The molecule has 2 unspecified atom stereocenters. The van der Waals surface area contributed by atoms with Crippen LogP contribution >= 0.6 is 0 Å². The molecule has 1 fully saturated rings. The van der Waals surface area contributed by atoms with Crippen LogP contribution in [0.15, 0.2) is 24.3 Å². The van der Waals surface area contributed by atoms with Gasteiger partial charge in [-0.15, -0.1) is 0 Å². The average molecular weight is 259 g/mol. The van der Waals surface area contributed by atoms with Crippen molar-refractivity contribution in [3.8, 4) is 5.75 Å². The highest BCUT2D eigenvalue weighted by Gasteiger charge is 2.45. The summed E-state index contributed by atoms with van der Waals surface area (Å²) in [5, 5.41) is 3.72. The van der Waals surface area contributed by atoms with Crippen LogP contribution in [0.3, 0.4) is 0 Å². The molecule has 1 aromatic carbocycles. The molecule has 2 atom stereocenters. The van der Waals surface area contributed by atoms with Gasteiger partial charge in [-0.3, -0.25) is 0 Å². The molecule has 1 N–H and O–H groups in total. The van der Waals surface area contributed by atoms with E-state index in [0.29, 0.717) is 17.4 Å². The molecule has 0 aromatic heterocycles. The number of para-hydroxylation sites is 1. The summed E-state index contributed by atoms with van der Waals surface area (Å²) in [7, 11) is 0. The highest BCUT2D eigenvalue weighted by Crippen LogP contribution is 2.51. The lowest BCUT2D eigenvalue weighted by Crippen LogP contribution is -2.38. The number of ether oxygens (including phenoxy) is 1. The average Bonchev–Trinajstić information content (AvgIpc) is 3.18. The molecule has 1 aliphatic carbocycles. The van der Waals surface area contributed by atoms with Gasteiger partial charge in [0.1, 0.15) is 5.75 Å². The zero-order valence-electron chi connectivity index (χ0n) is 12.1. The molecule has 104 valence electrons. The van der Waals surface area contributed by atoms with Crippen LogP contribution < -0.4 is 10.1 Å². The van der Waals surface area contributed by atoms with Crippen LogP contribution in [0.5, 0.6) is 5.75 Å². The first-order valence-electron chi connectivity index (χ1n) is 7.68. The molecule has 2 aliphatic rings. The van der Waals surface area contributed by atoms with Gasteiger partial charge in [0.05, 0.1) is 6.61 Å². The fraction of sp³-hybridized carbons (Fsp3) is 0.647. The molecular weight excluding hydrogens is 234 g/mol. The summed E-state index contributed by atoms with van der Waals surface area (Å²) in [5.41, 5.74) is 1.96. The third-order valence-corrected chi connectivity index (χ3v) is 4.93. The topological polar surface area (TPSA) is 21.3 Å². The van der Waals surface area contributed by atoms with Crippen LogP contribution in [0.1, 0.15) is 51.0 Å². The molecule has 1 saturated carbocycles. The molecular formula is C17H25NO. The van der Waals surface area contributed by atoms with Crippen LogP contribution in [0.2, 0.25) is 0 Å². The lowest BCUT2D eigenvalue weighted by Gasteiger charge is -2.32. The van der Waals surface area contributed by atoms with E-state index in [4.69, 9.17) is 4.74 Å². The zero-order chi connectivity index (χ0) is 13.3. The largest absolute Gasteiger partial charge is 0.493 e. The minimum absolute atomic E-state index is 0.545. The van der Waals surface area contributed by atoms with Crippen molar-refractivity contribution in [1.29, 1.82) is 0 Å². The number of fused-ring (bicyclic) bond motifs is 1. The van der Waals surface area contributed by atoms with Gasteiger partial charge < -0.3 is 10.1 Å². The molecule has 0 saturated heterocycles. The molecule has 0 spiro atoms. The monoisotopic (exact) mass is 259 g/mol. The lowest BCUT2D eigenvalue weighted by atomic mass is 9.83. The molecule has 3 rings (SSSR count). The fourth-order valence-electron chi connectivity index (χ4n) is 3.35. The summed E-state index contributed by atoms with van der Waals surface area (Å²) >= 11 is 0. The Labute approximate surface area is 116 Å². The molecule has 2 heteroatoms. The van der Waals surface area contributed by atoms with Crippen molar-refractivity contribution in [1.82, 2.24) is 5.32 Å². The van der Waals surface area contributed by atoms with Crippen molar-refractivity contribution < 1.29 is 4.74 Å². The van der Waals surface area contributed by atoms with Gasteiger partial charge in [0.15, 0.2) is 0 Å². The van der Waals surface area contributed by atoms with Crippen molar-refractivity contribution >= 4 is 0 Å². The third kappa shape index (κ3) is 2.64.